The molecule has 8 heteroatoms. The SMILES string of the molecule is C=CCOC(=O)C1=C(C)N=c2s/c(=C/c3ccc(C(C)(C)C)cc3)c(=O)n2C1c1ccc(OC(C)=O)cc1. The molecule has 0 amide bonds. The van der Waals surface area contributed by atoms with Gasteiger partial charge in [-0.3, -0.25) is 14.2 Å². The van der Waals surface area contributed by atoms with Crippen LogP contribution in [-0.2, 0) is 19.7 Å². The summed E-state index contributed by atoms with van der Waals surface area (Å²) < 4.78 is 12.5. The highest BCUT2D eigenvalue weighted by atomic mass is 32.1. The monoisotopic (exact) mass is 530 g/mol. The Bertz CT molecular complexity index is 1600. The summed E-state index contributed by atoms with van der Waals surface area (Å²) >= 11 is 1.27. The molecule has 0 N–H and O–H groups in total. The first-order valence-electron chi connectivity index (χ1n) is 12.2. The van der Waals surface area contributed by atoms with Crippen molar-refractivity contribution in [2.45, 2.75) is 46.1 Å². The molecule has 1 atom stereocenters. The molecule has 3 aromatic rings. The second kappa shape index (κ2) is 10.8. The predicted octanol–water partition coefficient (Wildman–Crippen LogP) is 4.19. The second-order valence-corrected chi connectivity index (χ2v) is 11.0. The summed E-state index contributed by atoms with van der Waals surface area (Å²) in [5.41, 5.74) is 3.25. The molecular formula is C30H30N2O5S. The maximum absolute atomic E-state index is 13.8. The van der Waals surface area contributed by atoms with Gasteiger partial charge in [-0.05, 0) is 47.2 Å². The Morgan fingerprint density at radius 3 is 2.34 bits per heavy atom. The fraction of sp³-hybridized carbons (Fsp3) is 0.267. The third-order valence-electron chi connectivity index (χ3n) is 6.11. The molecule has 2 aromatic carbocycles. The van der Waals surface area contributed by atoms with Crippen LogP contribution < -0.4 is 19.6 Å². The number of nitrogens with zero attached hydrogens (tertiary/aromatic N) is 2. The van der Waals surface area contributed by atoms with Crippen LogP contribution in [0.1, 0.15) is 57.4 Å². The molecule has 0 saturated carbocycles. The van der Waals surface area contributed by atoms with Crippen LogP contribution in [0.5, 0.6) is 5.75 Å². The standard InChI is InChI=1S/C30H30N2O5S/c1-7-16-36-28(35)25-18(2)31-29-32(26(25)21-10-14-23(15-11-21)37-19(3)33)27(34)24(38-29)17-20-8-12-22(13-9-20)30(4,5)6/h7-15,17,26H,1,16H2,2-6H3/b24-17+. The molecule has 196 valence electrons. The van der Waals surface area contributed by atoms with Crippen molar-refractivity contribution in [3.05, 3.63) is 109 Å². The summed E-state index contributed by atoms with van der Waals surface area (Å²) in [6.45, 7) is 13.1. The van der Waals surface area contributed by atoms with Crippen molar-refractivity contribution in [1.82, 2.24) is 4.57 Å². The van der Waals surface area contributed by atoms with E-state index in [4.69, 9.17) is 9.47 Å². The lowest BCUT2D eigenvalue weighted by Gasteiger charge is -2.24. The Labute approximate surface area is 225 Å². The van der Waals surface area contributed by atoms with E-state index in [-0.39, 0.29) is 23.2 Å². The Hall–Kier alpha value is -4.04. The van der Waals surface area contributed by atoms with E-state index < -0.39 is 18.0 Å². The van der Waals surface area contributed by atoms with Gasteiger partial charge in [0.1, 0.15) is 12.4 Å². The van der Waals surface area contributed by atoms with Gasteiger partial charge in [-0.1, -0.05) is 81.2 Å². The van der Waals surface area contributed by atoms with Crippen LogP contribution in [-0.4, -0.2) is 23.1 Å². The fourth-order valence-corrected chi connectivity index (χ4v) is 5.27. The Kier molecular flexibility index (Phi) is 7.64. The Balaban J connectivity index is 1.85. The van der Waals surface area contributed by atoms with Gasteiger partial charge in [0.05, 0.1) is 21.8 Å². The maximum Gasteiger partial charge on any atom is 0.338 e. The van der Waals surface area contributed by atoms with E-state index >= 15 is 0 Å². The summed E-state index contributed by atoms with van der Waals surface area (Å²) in [6, 6.07) is 14.1. The predicted molar refractivity (Wildman–Crippen MR) is 148 cm³/mol. The number of hydrogen-bond acceptors (Lipinski definition) is 7. The van der Waals surface area contributed by atoms with Crippen molar-refractivity contribution in [3.63, 3.8) is 0 Å². The van der Waals surface area contributed by atoms with Crippen LogP contribution >= 0.6 is 11.3 Å². The lowest BCUT2D eigenvalue weighted by molar-refractivity contribution is -0.138. The van der Waals surface area contributed by atoms with Gasteiger partial charge < -0.3 is 9.47 Å². The highest BCUT2D eigenvalue weighted by molar-refractivity contribution is 7.07. The quantitative estimate of drug-likeness (QED) is 0.271. The van der Waals surface area contributed by atoms with Crippen molar-refractivity contribution in [2.24, 2.45) is 4.99 Å². The number of allylic oxidation sites excluding steroid dienone is 1. The number of rotatable bonds is 6. The zero-order valence-corrected chi connectivity index (χ0v) is 22.9. The number of benzene rings is 2. The molecule has 2 heterocycles. The number of thiazole rings is 1. The van der Waals surface area contributed by atoms with Crippen LogP contribution in [0.15, 0.2) is 82.2 Å². The van der Waals surface area contributed by atoms with Gasteiger partial charge in [0.15, 0.2) is 4.80 Å². The van der Waals surface area contributed by atoms with Crippen molar-refractivity contribution < 1.29 is 19.1 Å². The average molecular weight is 531 g/mol. The summed E-state index contributed by atoms with van der Waals surface area (Å²) in [5.74, 6) is -0.651. The number of aromatic nitrogens is 1. The van der Waals surface area contributed by atoms with Crippen LogP contribution in [0.25, 0.3) is 6.08 Å². The minimum Gasteiger partial charge on any atom is -0.458 e. The van der Waals surface area contributed by atoms with E-state index in [1.807, 2.05) is 18.2 Å². The lowest BCUT2D eigenvalue weighted by atomic mass is 9.87. The van der Waals surface area contributed by atoms with Gasteiger partial charge in [0.25, 0.3) is 5.56 Å². The third kappa shape index (κ3) is 5.60. The van der Waals surface area contributed by atoms with Gasteiger partial charge >= 0.3 is 11.9 Å². The van der Waals surface area contributed by atoms with Crippen molar-refractivity contribution in [2.75, 3.05) is 6.61 Å². The van der Waals surface area contributed by atoms with Gasteiger partial charge in [0.2, 0.25) is 0 Å². The number of ether oxygens (including phenoxy) is 2. The molecule has 1 aliphatic heterocycles. The summed E-state index contributed by atoms with van der Waals surface area (Å²) in [5, 5.41) is 0. The third-order valence-corrected chi connectivity index (χ3v) is 7.09. The number of carbonyl (C=O) groups excluding carboxylic acids is 2. The van der Waals surface area contributed by atoms with Gasteiger partial charge in [0, 0.05) is 6.92 Å². The van der Waals surface area contributed by atoms with Gasteiger partial charge in [-0.2, -0.15) is 0 Å². The molecular weight excluding hydrogens is 500 g/mol. The van der Waals surface area contributed by atoms with Gasteiger partial charge in [-0.15, -0.1) is 0 Å². The van der Waals surface area contributed by atoms with E-state index in [0.717, 1.165) is 5.56 Å². The second-order valence-electron chi connectivity index (χ2n) is 10.0. The molecule has 0 spiro atoms. The topological polar surface area (TPSA) is 87.0 Å². The number of carbonyl (C=O) groups is 2. The minimum absolute atomic E-state index is 0.0248. The highest BCUT2D eigenvalue weighted by Gasteiger charge is 2.33. The normalized spacial score (nSPS) is 15.5. The Morgan fingerprint density at radius 2 is 1.76 bits per heavy atom. The molecule has 0 radical (unpaired) electrons. The zero-order chi connectivity index (χ0) is 27.6. The van der Waals surface area contributed by atoms with Crippen LogP contribution in [0.4, 0.5) is 0 Å². The fourth-order valence-electron chi connectivity index (χ4n) is 4.23. The van der Waals surface area contributed by atoms with Crippen LogP contribution in [0.3, 0.4) is 0 Å². The van der Waals surface area contributed by atoms with E-state index in [0.29, 0.717) is 26.3 Å². The summed E-state index contributed by atoms with van der Waals surface area (Å²) in [7, 11) is 0. The molecule has 0 saturated heterocycles. The molecule has 1 aliphatic rings. The van der Waals surface area contributed by atoms with Gasteiger partial charge in [-0.25, -0.2) is 9.79 Å². The summed E-state index contributed by atoms with van der Waals surface area (Å²) in [6.07, 6.45) is 3.32. The first kappa shape index (κ1) is 27.0. The molecule has 1 aromatic heterocycles. The lowest BCUT2D eigenvalue weighted by Crippen LogP contribution is -2.39. The Morgan fingerprint density at radius 1 is 1.11 bits per heavy atom. The maximum atomic E-state index is 13.8. The minimum atomic E-state index is -0.764. The molecule has 4 rings (SSSR count). The largest absolute Gasteiger partial charge is 0.458 e. The van der Waals surface area contributed by atoms with E-state index in [2.05, 4.69) is 44.5 Å². The molecule has 7 nitrogen and oxygen atoms in total. The average Bonchev–Trinajstić information content (AvgIpc) is 3.16. The molecule has 38 heavy (non-hydrogen) atoms. The molecule has 0 bridgehead atoms. The molecule has 0 aliphatic carbocycles. The van der Waals surface area contributed by atoms with E-state index in [9.17, 15) is 14.4 Å². The zero-order valence-electron chi connectivity index (χ0n) is 22.1. The van der Waals surface area contributed by atoms with E-state index in [1.54, 1.807) is 31.2 Å². The number of hydrogen-bond donors (Lipinski definition) is 0. The van der Waals surface area contributed by atoms with Crippen molar-refractivity contribution in [3.8, 4) is 5.75 Å². The smallest absolute Gasteiger partial charge is 0.338 e. The molecule has 1 unspecified atom stereocenters. The highest BCUT2D eigenvalue weighted by Crippen LogP contribution is 2.31. The van der Waals surface area contributed by atoms with Crippen molar-refractivity contribution in [1.29, 1.82) is 0 Å². The van der Waals surface area contributed by atoms with Crippen LogP contribution in [0.2, 0.25) is 0 Å². The van der Waals surface area contributed by atoms with Crippen LogP contribution in [0, 0.1) is 0 Å². The molecule has 0 fully saturated rings. The van der Waals surface area contributed by atoms with Crippen molar-refractivity contribution >= 4 is 29.4 Å². The first-order valence-corrected chi connectivity index (χ1v) is 13.0. The van der Waals surface area contributed by atoms with E-state index in [1.165, 1.54) is 34.5 Å². The first-order chi connectivity index (χ1) is 18.0. The number of fused-ring (bicyclic) bond motifs is 1. The number of esters is 2. The summed E-state index contributed by atoms with van der Waals surface area (Å²) in [4.78, 5) is 43.3.